The molecule has 24 heavy (non-hydrogen) atoms. The molecule has 0 bridgehead atoms. The van der Waals surface area contributed by atoms with Crippen molar-refractivity contribution in [3.8, 4) is 0 Å². The Kier molecular flexibility index (Phi) is 4.56. The van der Waals surface area contributed by atoms with Crippen molar-refractivity contribution in [2.75, 3.05) is 6.61 Å². The molecule has 1 fully saturated rings. The molecule has 1 saturated heterocycles. The lowest BCUT2D eigenvalue weighted by Gasteiger charge is -2.16. The zero-order valence-electron chi connectivity index (χ0n) is 12.6. The Morgan fingerprint density at radius 3 is 1.88 bits per heavy atom. The van der Waals surface area contributed by atoms with Gasteiger partial charge in [-0.05, 0) is 24.3 Å². The van der Waals surface area contributed by atoms with Gasteiger partial charge in [0.05, 0.1) is 11.1 Å². The molecule has 1 heterocycles. The normalized spacial score (nSPS) is 19.4. The van der Waals surface area contributed by atoms with Crippen molar-refractivity contribution in [3.63, 3.8) is 0 Å². The molecule has 6 heteroatoms. The summed E-state index contributed by atoms with van der Waals surface area (Å²) in [5, 5.41) is 0. The van der Waals surface area contributed by atoms with Crippen molar-refractivity contribution in [2.45, 2.75) is 12.2 Å². The molecule has 2 aromatic carbocycles. The van der Waals surface area contributed by atoms with Crippen molar-refractivity contribution in [1.82, 2.24) is 0 Å². The Morgan fingerprint density at radius 1 is 0.833 bits per heavy atom. The summed E-state index contributed by atoms with van der Waals surface area (Å²) in [6, 6.07) is 16.6. The van der Waals surface area contributed by atoms with Crippen LogP contribution in [0.4, 0.5) is 0 Å². The van der Waals surface area contributed by atoms with Crippen LogP contribution in [0.2, 0.25) is 0 Å². The zero-order chi connectivity index (χ0) is 16.9. The molecule has 0 aromatic heterocycles. The summed E-state index contributed by atoms with van der Waals surface area (Å²) >= 11 is 0. The second-order valence-electron chi connectivity index (χ2n) is 5.13. The highest BCUT2D eigenvalue weighted by molar-refractivity contribution is 5.93. The van der Waals surface area contributed by atoms with E-state index in [-0.39, 0.29) is 6.61 Å². The number of hydrogen-bond donors (Lipinski definition) is 0. The molecule has 0 amide bonds. The maximum atomic E-state index is 12.1. The second-order valence-corrected chi connectivity index (χ2v) is 5.13. The second kappa shape index (κ2) is 6.95. The lowest BCUT2D eigenvalue weighted by molar-refractivity contribution is -0.145. The Bertz CT molecular complexity index is 741. The topological polar surface area (TPSA) is 78.9 Å². The molecule has 0 radical (unpaired) electrons. The van der Waals surface area contributed by atoms with E-state index >= 15 is 0 Å². The van der Waals surface area contributed by atoms with Crippen LogP contribution in [0, 0.1) is 0 Å². The minimum atomic E-state index is -1.27. The van der Waals surface area contributed by atoms with Crippen LogP contribution in [-0.4, -0.2) is 36.7 Å². The molecule has 0 spiro atoms. The standard InChI is InChI=1S/C18H14O6/c19-16(12-7-3-1-4-8-12)23-14-11-22-18(21)15(14)24-17(20)13-9-5-2-6-10-13/h1-10,14-15H,11H2. The Hall–Kier alpha value is -3.15. The third-order valence-electron chi connectivity index (χ3n) is 3.47. The molecule has 6 nitrogen and oxygen atoms in total. The molecule has 1 aliphatic rings. The van der Waals surface area contributed by atoms with Gasteiger partial charge in [-0.1, -0.05) is 36.4 Å². The molecular weight excluding hydrogens is 312 g/mol. The number of carbonyl (C=O) groups excluding carboxylic acids is 3. The largest absolute Gasteiger partial charge is 0.459 e. The average Bonchev–Trinajstić information content (AvgIpc) is 2.96. The predicted octanol–water partition coefficient (Wildman–Crippen LogP) is 1.99. The van der Waals surface area contributed by atoms with Crippen LogP contribution < -0.4 is 0 Å². The monoisotopic (exact) mass is 326 g/mol. The molecule has 0 N–H and O–H groups in total. The molecule has 2 unspecified atom stereocenters. The highest BCUT2D eigenvalue weighted by Crippen LogP contribution is 2.19. The van der Waals surface area contributed by atoms with Gasteiger partial charge in [-0.3, -0.25) is 0 Å². The van der Waals surface area contributed by atoms with Crippen LogP contribution in [0.25, 0.3) is 0 Å². The fourth-order valence-electron chi connectivity index (χ4n) is 2.24. The van der Waals surface area contributed by atoms with Crippen molar-refractivity contribution in [1.29, 1.82) is 0 Å². The minimum absolute atomic E-state index is 0.149. The van der Waals surface area contributed by atoms with Gasteiger partial charge in [0.1, 0.15) is 6.61 Å². The zero-order valence-corrected chi connectivity index (χ0v) is 12.6. The van der Waals surface area contributed by atoms with Crippen LogP contribution >= 0.6 is 0 Å². The molecule has 2 atom stereocenters. The number of hydrogen-bond acceptors (Lipinski definition) is 6. The van der Waals surface area contributed by atoms with Crippen LogP contribution in [-0.2, 0) is 19.0 Å². The fourth-order valence-corrected chi connectivity index (χ4v) is 2.24. The lowest BCUT2D eigenvalue weighted by Crippen LogP contribution is -2.36. The summed E-state index contributed by atoms with van der Waals surface area (Å²) in [6.45, 7) is -0.149. The quantitative estimate of drug-likeness (QED) is 0.631. The van der Waals surface area contributed by atoms with Gasteiger partial charge in [-0.25, -0.2) is 14.4 Å². The summed E-state index contributed by atoms with van der Waals surface area (Å²) in [7, 11) is 0. The van der Waals surface area contributed by atoms with E-state index in [1.807, 2.05) is 0 Å². The summed E-state index contributed by atoms with van der Waals surface area (Å²) < 4.78 is 15.3. The van der Waals surface area contributed by atoms with Gasteiger partial charge < -0.3 is 14.2 Å². The summed E-state index contributed by atoms with van der Waals surface area (Å²) in [5.74, 6) is -2.02. The van der Waals surface area contributed by atoms with Crippen LogP contribution in [0.1, 0.15) is 20.7 Å². The number of benzene rings is 2. The predicted molar refractivity (Wildman–Crippen MR) is 82.3 cm³/mol. The fraction of sp³-hybridized carbons (Fsp3) is 0.167. The van der Waals surface area contributed by atoms with Gasteiger partial charge in [0.2, 0.25) is 6.10 Å². The summed E-state index contributed by atoms with van der Waals surface area (Å²) in [5.41, 5.74) is 0.635. The summed E-state index contributed by atoms with van der Waals surface area (Å²) in [4.78, 5) is 35.9. The highest BCUT2D eigenvalue weighted by Gasteiger charge is 2.43. The smallest absolute Gasteiger partial charge is 0.351 e. The summed E-state index contributed by atoms with van der Waals surface area (Å²) in [6.07, 6.45) is -2.25. The maximum absolute atomic E-state index is 12.1. The van der Waals surface area contributed by atoms with Crippen molar-refractivity contribution in [3.05, 3.63) is 71.8 Å². The molecule has 2 aromatic rings. The number of rotatable bonds is 4. The molecule has 1 aliphatic heterocycles. The molecular formula is C18H14O6. The van der Waals surface area contributed by atoms with Crippen molar-refractivity contribution in [2.24, 2.45) is 0 Å². The van der Waals surface area contributed by atoms with Crippen LogP contribution in [0.3, 0.4) is 0 Å². The van der Waals surface area contributed by atoms with E-state index in [0.717, 1.165) is 0 Å². The number of cyclic esters (lactones) is 1. The number of carbonyl (C=O) groups is 3. The van der Waals surface area contributed by atoms with E-state index < -0.39 is 30.1 Å². The first kappa shape index (κ1) is 15.7. The van der Waals surface area contributed by atoms with Gasteiger partial charge in [0, 0.05) is 0 Å². The van der Waals surface area contributed by atoms with E-state index in [0.29, 0.717) is 11.1 Å². The Morgan fingerprint density at radius 2 is 1.33 bits per heavy atom. The van der Waals surface area contributed by atoms with Crippen LogP contribution in [0.5, 0.6) is 0 Å². The Labute approximate surface area is 137 Å². The molecule has 3 rings (SSSR count). The number of ether oxygens (including phenoxy) is 3. The first-order valence-corrected chi connectivity index (χ1v) is 7.34. The van der Waals surface area contributed by atoms with Gasteiger partial charge in [0.15, 0.2) is 6.10 Å². The van der Waals surface area contributed by atoms with Gasteiger partial charge in [0.25, 0.3) is 0 Å². The first-order chi connectivity index (χ1) is 11.6. The average molecular weight is 326 g/mol. The van der Waals surface area contributed by atoms with E-state index in [4.69, 9.17) is 14.2 Å². The van der Waals surface area contributed by atoms with Gasteiger partial charge >= 0.3 is 17.9 Å². The molecule has 0 aliphatic carbocycles. The molecule has 122 valence electrons. The van der Waals surface area contributed by atoms with E-state index in [9.17, 15) is 14.4 Å². The Balaban J connectivity index is 1.68. The van der Waals surface area contributed by atoms with Gasteiger partial charge in [-0.2, -0.15) is 0 Å². The van der Waals surface area contributed by atoms with Crippen LogP contribution in [0.15, 0.2) is 60.7 Å². The number of esters is 3. The highest BCUT2D eigenvalue weighted by atomic mass is 16.6. The van der Waals surface area contributed by atoms with E-state index in [2.05, 4.69) is 0 Å². The lowest BCUT2D eigenvalue weighted by atomic mass is 10.2. The van der Waals surface area contributed by atoms with Crippen molar-refractivity contribution < 1.29 is 28.6 Å². The van der Waals surface area contributed by atoms with Gasteiger partial charge in [-0.15, -0.1) is 0 Å². The SMILES string of the molecule is O=C(OC1COC(=O)C1OC(=O)c1ccccc1)c1ccccc1. The third-order valence-corrected chi connectivity index (χ3v) is 3.47. The minimum Gasteiger partial charge on any atom is -0.459 e. The third kappa shape index (κ3) is 3.43. The molecule has 0 saturated carbocycles. The van der Waals surface area contributed by atoms with Crippen molar-refractivity contribution >= 4 is 17.9 Å². The first-order valence-electron chi connectivity index (χ1n) is 7.34. The van der Waals surface area contributed by atoms with E-state index in [1.54, 1.807) is 60.7 Å². The maximum Gasteiger partial charge on any atom is 0.351 e. The van der Waals surface area contributed by atoms with E-state index in [1.165, 1.54) is 0 Å².